The molecule has 17 rings (SSSR count). The first-order chi connectivity index (χ1) is 51.7. The Bertz CT molecular complexity index is 4550. The maximum absolute atomic E-state index is 14.2. The Morgan fingerprint density at radius 2 is 0.943 bits per heavy atom. The number of hydrogen-bond donors (Lipinski definition) is 4. The predicted molar refractivity (Wildman–Crippen MR) is 392 cm³/mol. The summed E-state index contributed by atoms with van der Waals surface area (Å²) in [5.41, 5.74) is 9.46. The molecule has 0 amide bonds. The van der Waals surface area contributed by atoms with Crippen LogP contribution < -0.4 is 50.2 Å². The predicted octanol–water partition coefficient (Wildman–Crippen LogP) is 9.18. The summed E-state index contributed by atoms with van der Waals surface area (Å²) in [5, 5.41) is 34.7. The van der Waals surface area contributed by atoms with Crippen molar-refractivity contribution in [2.45, 2.75) is 126 Å². The first-order valence-corrected chi connectivity index (χ1v) is 36.5. The molecule has 0 bridgehead atoms. The van der Waals surface area contributed by atoms with E-state index < -0.39 is 5.82 Å². The molecule has 3 aliphatic carbocycles. The van der Waals surface area contributed by atoms with E-state index >= 15 is 0 Å². The Labute approximate surface area is 606 Å². The molecule has 1 atom stereocenters. The third kappa shape index (κ3) is 18.1. The molecule has 3 saturated carbocycles. The Balaban J connectivity index is 0.000000127. The van der Waals surface area contributed by atoms with E-state index in [0.29, 0.717) is 48.6 Å². The minimum Gasteiger partial charge on any atom is -0.488 e. The van der Waals surface area contributed by atoms with Crippen LogP contribution in [-0.4, -0.2) is 210 Å². The van der Waals surface area contributed by atoms with Crippen molar-refractivity contribution < 1.29 is 37.5 Å². The number of aryl methyl sites for hydroxylation is 1. The van der Waals surface area contributed by atoms with Gasteiger partial charge in [0.2, 0.25) is 11.8 Å². The van der Waals surface area contributed by atoms with Crippen molar-refractivity contribution in [2.24, 2.45) is 7.05 Å². The van der Waals surface area contributed by atoms with Crippen molar-refractivity contribution >= 4 is 73.6 Å². The van der Waals surface area contributed by atoms with Crippen LogP contribution in [0.1, 0.15) is 89.2 Å². The summed E-state index contributed by atoms with van der Waals surface area (Å²) in [6.07, 6.45) is 27.2. The van der Waals surface area contributed by atoms with Crippen molar-refractivity contribution in [3.63, 3.8) is 0 Å². The Morgan fingerprint density at radius 1 is 0.467 bits per heavy atom. The average molecular weight is 1430 g/mol. The normalized spacial score (nSPS) is 22.0. The first-order valence-electron chi connectivity index (χ1n) is 36.5. The van der Waals surface area contributed by atoms with E-state index in [1.165, 1.54) is 17.3 Å². The quantitative estimate of drug-likeness (QED) is 0.0621. The lowest BCUT2D eigenvalue weighted by atomic mass is 9.93. The molecule has 7 aliphatic rings. The molecule has 0 radical (unpaired) electrons. The smallest absolute Gasteiger partial charge is 0.225 e. The number of halogens is 1. The Morgan fingerprint density at radius 3 is 1.38 bits per heavy atom. The van der Waals surface area contributed by atoms with Crippen LogP contribution in [0.5, 0.6) is 17.2 Å². The summed E-state index contributed by atoms with van der Waals surface area (Å²) >= 11 is 0. The zero-order valence-corrected chi connectivity index (χ0v) is 58.8. The third-order valence-corrected chi connectivity index (χ3v) is 20.0. The Kier molecular flexibility index (Phi) is 22.6. The van der Waals surface area contributed by atoms with Crippen molar-refractivity contribution in [1.29, 1.82) is 5.26 Å². The van der Waals surface area contributed by atoms with Crippen molar-refractivity contribution in [1.82, 2.24) is 75.0 Å². The van der Waals surface area contributed by atoms with Gasteiger partial charge in [-0.3, -0.25) is 15.0 Å². The lowest BCUT2D eigenvalue weighted by Crippen LogP contribution is -2.36. The molecule has 4 saturated heterocycles. The van der Waals surface area contributed by atoms with Gasteiger partial charge in [-0.25, -0.2) is 39.3 Å². The second kappa shape index (κ2) is 33.8. The lowest BCUT2D eigenvalue weighted by molar-refractivity contribution is 0.122. The molecule has 0 spiro atoms. The number of ether oxygens (including phenoxy) is 7. The number of morpholine rings is 3. The molecular formula is C74H86FN23O7. The molecule has 546 valence electrons. The molecule has 7 fully saturated rings. The van der Waals surface area contributed by atoms with Crippen LogP contribution in [0.3, 0.4) is 0 Å². The van der Waals surface area contributed by atoms with Gasteiger partial charge < -0.3 is 69.1 Å². The van der Waals surface area contributed by atoms with E-state index in [4.69, 9.17) is 38.4 Å². The topological polar surface area (TPSA) is 332 Å². The highest BCUT2D eigenvalue weighted by atomic mass is 19.1. The van der Waals surface area contributed by atoms with Gasteiger partial charge in [0.25, 0.3) is 0 Å². The maximum Gasteiger partial charge on any atom is 0.225 e. The van der Waals surface area contributed by atoms with Gasteiger partial charge in [-0.1, -0.05) is 0 Å². The Hall–Kier alpha value is -10.7. The number of benzene rings is 3. The fourth-order valence-electron chi connectivity index (χ4n) is 14.4. The van der Waals surface area contributed by atoms with Gasteiger partial charge in [0.15, 0.2) is 11.6 Å². The van der Waals surface area contributed by atoms with Gasteiger partial charge in [0, 0.05) is 154 Å². The summed E-state index contributed by atoms with van der Waals surface area (Å²) < 4.78 is 55.7. The first kappa shape index (κ1) is 70.0. The molecule has 1 unspecified atom stereocenters. The lowest BCUT2D eigenvalue weighted by Gasteiger charge is -2.31. The molecule has 30 nitrogen and oxygen atoms in total. The fraction of sp³-hybridized carbons (Fsp3) is 0.473. The molecule has 7 aromatic heterocycles. The zero-order chi connectivity index (χ0) is 71.1. The number of pyridine rings is 1. The molecular weight excluding hydrogens is 1340 g/mol. The van der Waals surface area contributed by atoms with Crippen molar-refractivity contribution in [3.05, 3.63) is 122 Å². The average Bonchev–Trinajstić information content (AvgIpc) is 1.24. The number of fused-ring (bicyclic) bond motifs is 3. The summed E-state index contributed by atoms with van der Waals surface area (Å²) in [5.74, 6) is 4.71. The van der Waals surface area contributed by atoms with Crippen LogP contribution >= 0.6 is 0 Å². The number of tetrazole rings is 1. The molecule has 4 aliphatic heterocycles. The molecule has 10 aromatic rings. The standard InChI is InChI=1S/C26H32FN7O3.C25H29N9O2.C23H25N7O2/c27-21-15-30-26(33-25(21)31-18-5-10-36-16-18)32-17-1-3-20(4-2-17)37-23-14-19(34-8-11-35-12-9-34)13-22-24(23)29-7-6-28-22;1-33-31-25(30-32-33)17-2-7-23(28-16-17)29-18-3-5-20(6-4-18)36-22-15-19(34-10-12-35-13-11-34)14-21-24(22)27-9-8-26-21;24-14-17-11-22(28-15-27-17)29-16-1-3-19(4-2-16)32-21-13-18(30-7-9-31-10-8-30)12-20-23(21)26-6-5-25-20/h6-7,13-15,17-18,20H,1-5,8-12,16H2,(H2,30,31,32,33);2,7-9,14-16,18,20H,3-6,10-13H2,1H3,(H,28,29);5-6,11-13,15-16,19H,1-4,7-10H2,(H,27,28,29). The minimum absolute atomic E-state index is 0.0763. The van der Waals surface area contributed by atoms with Gasteiger partial charge in [-0.15, -0.1) is 10.2 Å². The van der Waals surface area contributed by atoms with Crippen molar-refractivity contribution in [2.75, 3.05) is 128 Å². The van der Waals surface area contributed by atoms with Crippen LogP contribution in [0.2, 0.25) is 0 Å². The molecule has 105 heavy (non-hydrogen) atoms. The van der Waals surface area contributed by atoms with Gasteiger partial charge >= 0.3 is 0 Å². The number of hydrogen-bond acceptors (Lipinski definition) is 29. The highest BCUT2D eigenvalue weighted by Crippen LogP contribution is 2.38. The maximum atomic E-state index is 14.2. The summed E-state index contributed by atoms with van der Waals surface area (Å²) in [4.78, 5) is 56.9. The minimum atomic E-state index is -0.454. The second-order valence-electron chi connectivity index (χ2n) is 27.1. The van der Waals surface area contributed by atoms with E-state index in [1.54, 1.807) is 56.5 Å². The van der Waals surface area contributed by atoms with E-state index in [2.05, 4.69) is 143 Å². The monoisotopic (exact) mass is 1430 g/mol. The number of rotatable bonds is 18. The number of aromatic nitrogens is 15. The number of nitrogens with one attached hydrogen (secondary N) is 4. The molecule has 11 heterocycles. The third-order valence-electron chi connectivity index (χ3n) is 20.0. The highest BCUT2D eigenvalue weighted by molar-refractivity contribution is 5.87. The van der Waals surface area contributed by atoms with E-state index in [1.807, 2.05) is 18.2 Å². The second-order valence-corrected chi connectivity index (χ2v) is 27.1. The van der Waals surface area contributed by atoms with Crippen LogP contribution in [0.15, 0.2) is 110 Å². The number of anilines is 7. The van der Waals surface area contributed by atoms with E-state index in [0.717, 1.165) is 241 Å². The molecule has 31 heteroatoms. The highest BCUT2D eigenvalue weighted by Gasteiger charge is 2.30. The number of nitrogens with zero attached hydrogens (tertiary/aromatic N) is 19. The van der Waals surface area contributed by atoms with Crippen LogP contribution in [0.25, 0.3) is 44.5 Å². The number of nitriles is 1. The van der Waals surface area contributed by atoms with Gasteiger partial charge in [0.05, 0.1) is 100 Å². The van der Waals surface area contributed by atoms with Crippen LogP contribution in [-0.2, 0) is 26.0 Å². The van der Waals surface area contributed by atoms with Crippen LogP contribution in [0.4, 0.5) is 44.9 Å². The van der Waals surface area contributed by atoms with E-state index in [9.17, 15) is 4.39 Å². The summed E-state index contributed by atoms with van der Waals surface area (Å²) in [6, 6.07) is 21.1. The fourth-order valence-corrected chi connectivity index (χ4v) is 14.4. The summed E-state index contributed by atoms with van der Waals surface area (Å²) in [7, 11) is 1.75. The van der Waals surface area contributed by atoms with Gasteiger partial charge in [0.1, 0.15) is 63.5 Å². The van der Waals surface area contributed by atoms with Crippen molar-refractivity contribution in [3.8, 4) is 34.7 Å². The molecule has 3 aromatic carbocycles. The van der Waals surface area contributed by atoms with Gasteiger partial charge in [-0.05, 0) is 119 Å². The summed E-state index contributed by atoms with van der Waals surface area (Å²) in [6.45, 7) is 10.8. The van der Waals surface area contributed by atoms with Crippen LogP contribution in [0, 0.1) is 17.1 Å². The largest absolute Gasteiger partial charge is 0.488 e. The van der Waals surface area contributed by atoms with E-state index in [-0.39, 0.29) is 36.2 Å². The van der Waals surface area contributed by atoms with Gasteiger partial charge in [-0.2, -0.15) is 15.0 Å². The molecule has 4 N–H and O–H groups in total. The SMILES string of the molecule is Cn1nnc(-c2ccc(NC3CCC(Oc4cc(N5CCOCC5)cc5nccnc45)CC3)nc2)n1.Fc1cnc(NC2CCC(Oc3cc(N4CCOCC4)cc4nccnc34)CC2)nc1NC1CCOC1.N#Cc1cc(NC2CCC(Oc3cc(N4CCOCC4)cc4nccnc34)CC2)ncn1. The zero-order valence-electron chi connectivity index (χ0n) is 58.8.